The highest BCUT2D eigenvalue weighted by atomic mass is 79.9. The lowest BCUT2D eigenvalue weighted by Gasteiger charge is -2.32. The van der Waals surface area contributed by atoms with Gasteiger partial charge in [0.1, 0.15) is 0 Å². The minimum atomic E-state index is -0.543. The monoisotopic (exact) mass is 457 g/mol. The van der Waals surface area contributed by atoms with Gasteiger partial charge < -0.3 is 0 Å². The average Bonchev–Trinajstić information content (AvgIpc) is 2.72. The first-order chi connectivity index (χ1) is 13.5. The minimum absolute atomic E-state index is 0.0358. The number of para-hydroxylation sites is 1. The number of H-pyrrole nitrogens is 1. The number of halogens is 1. The molecular formula is C20H18BrN4O2S+. The first-order valence-corrected chi connectivity index (χ1v) is 10.8. The molecule has 1 amide bonds. The molecule has 1 atom stereocenters. The normalized spacial score (nSPS) is 15.1. The molecule has 0 aliphatic carbocycles. The molecule has 0 fully saturated rings. The molecular weight excluding hydrogens is 440 g/mol. The molecule has 0 spiro atoms. The number of thioether (sulfide) groups is 1. The lowest BCUT2D eigenvalue weighted by molar-refractivity contribution is -0.763. The number of hydrogen-bond acceptors (Lipinski definition) is 4. The number of fused-ring (bicyclic) bond motifs is 3. The molecule has 8 heteroatoms. The van der Waals surface area contributed by atoms with Crippen LogP contribution in [0.3, 0.4) is 0 Å². The van der Waals surface area contributed by atoms with Crippen molar-refractivity contribution in [2.24, 2.45) is 0 Å². The summed E-state index contributed by atoms with van der Waals surface area (Å²) < 4.78 is 2.61. The van der Waals surface area contributed by atoms with Gasteiger partial charge in [-0.25, -0.2) is 4.90 Å². The topological polar surface area (TPSA) is 69.9 Å². The SMILES string of the molecule is CCC(=O)N1c2ccccc2-c2c(=O)[nH]c(SC)n[n+]2C1c1ccc(Br)cc1. The number of amides is 1. The Morgan fingerprint density at radius 1 is 1.25 bits per heavy atom. The van der Waals surface area contributed by atoms with Gasteiger partial charge in [-0.15, -0.1) is 0 Å². The summed E-state index contributed by atoms with van der Waals surface area (Å²) >= 11 is 4.81. The predicted octanol–water partition coefficient (Wildman–Crippen LogP) is 3.51. The summed E-state index contributed by atoms with van der Waals surface area (Å²) in [6.07, 6.45) is 1.65. The third kappa shape index (κ3) is 3.06. The van der Waals surface area contributed by atoms with Crippen LogP contribution in [0.1, 0.15) is 25.1 Å². The van der Waals surface area contributed by atoms with Crippen LogP contribution in [0.15, 0.2) is 63.0 Å². The van der Waals surface area contributed by atoms with Gasteiger partial charge in [-0.3, -0.25) is 14.6 Å². The Labute approximate surface area is 174 Å². The van der Waals surface area contributed by atoms with E-state index in [1.165, 1.54) is 11.8 Å². The van der Waals surface area contributed by atoms with E-state index in [0.717, 1.165) is 10.0 Å². The summed E-state index contributed by atoms with van der Waals surface area (Å²) in [5.74, 6) is -0.0358. The van der Waals surface area contributed by atoms with Crippen molar-refractivity contribution < 1.29 is 9.48 Å². The number of anilines is 1. The van der Waals surface area contributed by atoms with Gasteiger partial charge in [0, 0.05) is 21.6 Å². The minimum Gasteiger partial charge on any atom is -0.291 e. The molecule has 2 aromatic carbocycles. The second kappa shape index (κ2) is 7.52. The van der Waals surface area contributed by atoms with E-state index in [9.17, 15) is 9.59 Å². The van der Waals surface area contributed by atoms with Gasteiger partial charge in [-0.1, -0.05) is 46.7 Å². The fourth-order valence-electron chi connectivity index (χ4n) is 3.44. The van der Waals surface area contributed by atoms with Crippen molar-refractivity contribution in [3.8, 4) is 11.3 Å². The Morgan fingerprint density at radius 2 is 1.96 bits per heavy atom. The van der Waals surface area contributed by atoms with Crippen LogP contribution in [-0.2, 0) is 4.79 Å². The van der Waals surface area contributed by atoms with E-state index in [4.69, 9.17) is 0 Å². The Bertz CT molecular complexity index is 1110. The fraction of sp³-hybridized carbons (Fsp3) is 0.200. The van der Waals surface area contributed by atoms with Crippen molar-refractivity contribution in [2.75, 3.05) is 11.2 Å². The summed E-state index contributed by atoms with van der Waals surface area (Å²) in [6, 6.07) is 15.2. The zero-order valence-electron chi connectivity index (χ0n) is 15.3. The molecule has 6 nitrogen and oxygen atoms in total. The summed E-state index contributed by atoms with van der Waals surface area (Å²) in [5, 5.41) is 5.16. The number of carbonyl (C=O) groups is 1. The average molecular weight is 458 g/mol. The Balaban J connectivity index is 2.08. The zero-order valence-corrected chi connectivity index (χ0v) is 17.8. The van der Waals surface area contributed by atoms with E-state index in [0.29, 0.717) is 28.5 Å². The summed E-state index contributed by atoms with van der Waals surface area (Å²) in [5.41, 5.74) is 2.50. The Kier molecular flexibility index (Phi) is 5.07. The van der Waals surface area contributed by atoms with E-state index in [1.807, 2.05) is 61.7 Å². The van der Waals surface area contributed by atoms with Crippen LogP contribution >= 0.6 is 27.7 Å². The molecule has 1 aliphatic rings. The number of benzene rings is 2. The summed E-state index contributed by atoms with van der Waals surface area (Å²) in [4.78, 5) is 30.5. The van der Waals surface area contributed by atoms with Gasteiger partial charge in [0.05, 0.1) is 11.3 Å². The number of aromatic amines is 1. The van der Waals surface area contributed by atoms with Gasteiger partial charge >= 0.3 is 11.3 Å². The summed E-state index contributed by atoms with van der Waals surface area (Å²) in [7, 11) is 0. The molecule has 1 unspecified atom stereocenters. The highest BCUT2D eigenvalue weighted by Crippen LogP contribution is 2.37. The van der Waals surface area contributed by atoms with E-state index < -0.39 is 6.17 Å². The van der Waals surface area contributed by atoms with Gasteiger partial charge in [0.25, 0.3) is 6.17 Å². The van der Waals surface area contributed by atoms with E-state index >= 15 is 0 Å². The number of nitrogens with zero attached hydrogens (tertiary/aromatic N) is 3. The molecule has 0 radical (unpaired) electrons. The fourth-order valence-corrected chi connectivity index (χ4v) is 4.07. The summed E-state index contributed by atoms with van der Waals surface area (Å²) in [6.45, 7) is 1.84. The number of nitrogens with one attached hydrogen (secondary N) is 1. The van der Waals surface area contributed by atoms with Crippen LogP contribution in [0.2, 0.25) is 0 Å². The second-order valence-electron chi connectivity index (χ2n) is 6.32. The van der Waals surface area contributed by atoms with Crippen LogP contribution < -0.4 is 15.1 Å². The molecule has 2 heterocycles. The van der Waals surface area contributed by atoms with E-state index in [2.05, 4.69) is 26.0 Å². The molecule has 142 valence electrons. The third-order valence-electron chi connectivity index (χ3n) is 4.69. The quantitative estimate of drug-likeness (QED) is 0.482. The van der Waals surface area contributed by atoms with Crippen LogP contribution in [0, 0.1) is 0 Å². The maximum absolute atomic E-state index is 13.0. The van der Waals surface area contributed by atoms with Crippen molar-refractivity contribution in [3.63, 3.8) is 0 Å². The van der Waals surface area contributed by atoms with Gasteiger partial charge in [0.15, 0.2) is 0 Å². The molecule has 1 aliphatic heterocycles. The molecule has 3 aromatic rings. The molecule has 1 aromatic heterocycles. The van der Waals surface area contributed by atoms with Gasteiger partial charge in [-0.2, -0.15) is 0 Å². The molecule has 28 heavy (non-hydrogen) atoms. The Morgan fingerprint density at radius 3 is 2.64 bits per heavy atom. The van der Waals surface area contributed by atoms with Crippen molar-refractivity contribution in [1.82, 2.24) is 10.1 Å². The van der Waals surface area contributed by atoms with Crippen LogP contribution in [-0.4, -0.2) is 22.2 Å². The van der Waals surface area contributed by atoms with Crippen molar-refractivity contribution >= 4 is 39.3 Å². The third-order valence-corrected chi connectivity index (χ3v) is 5.79. The zero-order chi connectivity index (χ0) is 19.8. The highest BCUT2D eigenvalue weighted by molar-refractivity contribution is 9.10. The van der Waals surface area contributed by atoms with Crippen LogP contribution in [0.5, 0.6) is 0 Å². The number of hydrogen-bond donors (Lipinski definition) is 1. The van der Waals surface area contributed by atoms with Crippen LogP contribution in [0.25, 0.3) is 11.3 Å². The molecule has 0 bridgehead atoms. The number of rotatable bonds is 3. The van der Waals surface area contributed by atoms with Gasteiger partial charge in [0.2, 0.25) is 11.1 Å². The molecule has 0 saturated carbocycles. The number of carbonyl (C=O) groups excluding carboxylic acids is 1. The highest BCUT2D eigenvalue weighted by Gasteiger charge is 2.45. The maximum atomic E-state index is 13.0. The molecule has 1 N–H and O–H groups in total. The first kappa shape index (κ1) is 18.9. The first-order valence-electron chi connectivity index (χ1n) is 8.82. The standard InChI is InChI=1S/C20H17BrN4O2S/c1-3-16(26)24-15-7-5-4-6-14(15)17-18(27)22-20(28-2)23-25(17)19(24)12-8-10-13(21)11-9-12/h4-11,19H,3H2,1-2H3/p+1. The lowest BCUT2D eigenvalue weighted by Crippen LogP contribution is -2.60. The lowest BCUT2D eigenvalue weighted by atomic mass is 10.0. The largest absolute Gasteiger partial charge is 0.325 e. The van der Waals surface area contributed by atoms with E-state index in [1.54, 1.807) is 9.58 Å². The van der Waals surface area contributed by atoms with Crippen molar-refractivity contribution in [3.05, 3.63) is 68.9 Å². The second-order valence-corrected chi connectivity index (χ2v) is 8.03. The Hall–Kier alpha value is -2.45. The van der Waals surface area contributed by atoms with Gasteiger partial charge in [-0.05, 0) is 47.3 Å². The molecule has 0 saturated heterocycles. The van der Waals surface area contributed by atoms with Crippen LogP contribution in [0.4, 0.5) is 5.69 Å². The smallest absolute Gasteiger partial charge is 0.291 e. The predicted molar refractivity (Wildman–Crippen MR) is 112 cm³/mol. The number of aromatic nitrogens is 3. The van der Waals surface area contributed by atoms with Crippen molar-refractivity contribution in [2.45, 2.75) is 24.7 Å². The molecule has 4 rings (SSSR count). The van der Waals surface area contributed by atoms with E-state index in [-0.39, 0.29) is 11.5 Å². The maximum Gasteiger partial charge on any atom is 0.325 e. The van der Waals surface area contributed by atoms with Crippen molar-refractivity contribution in [1.29, 1.82) is 0 Å².